The number of nitrogens with zero attached hydrogens (tertiary/aromatic N) is 2. The number of hydrogen-bond donors (Lipinski definition) is 2. The third-order valence-electron chi connectivity index (χ3n) is 5.94. The topological polar surface area (TPSA) is 57.3 Å². The summed E-state index contributed by atoms with van der Waals surface area (Å²) >= 11 is 5.89. The van der Waals surface area contributed by atoms with E-state index >= 15 is 0 Å². The molecule has 6 heteroatoms. The highest BCUT2D eigenvalue weighted by Gasteiger charge is 2.48. The molecule has 2 N–H and O–H groups in total. The largest absolute Gasteiger partial charge is 0.335 e. The van der Waals surface area contributed by atoms with Gasteiger partial charge >= 0.3 is 6.03 Å². The number of aryl methyl sites for hydroxylation is 1. The summed E-state index contributed by atoms with van der Waals surface area (Å²) in [6.45, 7) is 5.80. The van der Waals surface area contributed by atoms with Gasteiger partial charge in [-0.05, 0) is 73.5 Å². The third kappa shape index (κ3) is 4.65. The van der Waals surface area contributed by atoms with Crippen LogP contribution < -0.4 is 10.6 Å². The third-order valence-corrected chi connectivity index (χ3v) is 6.20. The average molecular weight is 399 g/mol. The SMILES string of the molecule is Cc1cc(CN2CCC3(CC(NC(=O)NCc4ccc(Cl)cc4)C3)C2)ccn1. The van der Waals surface area contributed by atoms with Crippen molar-refractivity contribution >= 4 is 17.6 Å². The monoisotopic (exact) mass is 398 g/mol. The summed E-state index contributed by atoms with van der Waals surface area (Å²) in [4.78, 5) is 19.0. The lowest BCUT2D eigenvalue weighted by atomic mass is 9.65. The number of urea groups is 1. The van der Waals surface area contributed by atoms with Crippen LogP contribution in [0.4, 0.5) is 4.79 Å². The number of carbonyl (C=O) groups is 1. The smallest absolute Gasteiger partial charge is 0.315 e. The number of aromatic nitrogens is 1. The Hall–Kier alpha value is -2.11. The molecule has 1 aliphatic carbocycles. The lowest BCUT2D eigenvalue weighted by Crippen LogP contribution is -2.53. The zero-order valence-corrected chi connectivity index (χ0v) is 17.0. The second-order valence-corrected chi connectivity index (χ2v) is 8.76. The summed E-state index contributed by atoms with van der Waals surface area (Å²) in [5, 5.41) is 6.76. The number of likely N-dealkylation sites (tertiary alicyclic amines) is 1. The van der Waals surface area contributed by atoms with Gasteiger partial charge in [0.15, 0.2) is 0 Å². The van der Waals surface area contributed by atoms with E-state index in [1.807, 2.05) is 37.4 Å². The van der Waals surface area contributed by atoms with E-state index < -0.39 is 0 Å². The van der Waals surface area contributed by atoms with Gasteiger partial charge in [-0.15, -0.1) is 0 Å². The molecule has 1 aromatic carbocycles. The van der Waals surface area contributed by atoms with E-state index in [-0.39, 0.29) is 12.1 Å². The van der Waals surface area contributed by atoms with E-state index in [1.54, 1.807) is 0 Å². The fraction of sp³-hybridized carbons (Fsp3) is 0.455. The number of benzene rings is 1. The van der Waals surface area contributed by atoms with Crippen molar-refractivity contribution in [3.63, 3.8) is 0 Å². The molecule has 28 heavy (non-hydrogen) atoms. The zero-order valence-electron chi connectivity index (χ0n) is 16.2. The van der Waals surface area contributed by atoms with Crippen LogP contribution in [0.3, 0.4) is 0 Å². The van der Waals surface area contributed by atoms with Crippen molar-refractivity contribution in [1.29, 1.82) is 0 Å². The quantitative estimate of drug-likeness (QED) is 0.803. The van der Waals surface area contributed by atoms with Crippen LogP contribution >= 0.6 is 11.6 Å². The maximum atomic E-state index is 12.2. The highest BCUT2D eigenvalue weighted by molar-refractivity contribution is 6.30. The maximum absolute atomic E-state index is 12.2. The van der Waals surface area contributed by atoms with Gasteiger partial charge in [0.1, 0.15) is 0 Å². The Morgan fingerprint density at radius 2 is 2.04 bits per heavy atom. The van der Waals surface area contributed by atoms with E-state index in [1.165, 1.54) is 12.0 Å². The molecule has 2 fully saturated rings. The lowest BCUT2D eigenvalue weighted by molar-refractivity contribution is 0.0929. The van der Waals surface area contributed by atoms with Crippen LogP contribution in [-0.4, -0.2) is 35.0 Å². The van der Waals surface area contributed by atoms with E-state index in [4.69, 9.17) is 11.6 Å². The maximum Gasteiger partial charge on any atom is 0.315 e. The molecule has 0 unspecified atom stereocenters. The van der Waals surface area contributed by atoms with Crippen molar-refractivity contribution in [3.8, 4) is 0 Å². The Balaban J connectivity index is 1.19. The number of carbonyl (C=O) groups excluding carboxylic acids is 1. The molecule has 1 spiro atoms. The van der Waals surface area contributed by atoms with E-state index in [2.05, 4.69) is 32.7 Å². The van der Waals surface area contributed by atoms with Crippen LogP contribution in [0.1, 0.15) is 36.1 Å². The Morgan fingerprint density at radius 1 is 1.25 bits per heavy atom. The molecule has 1 saturated carbocycles. The van der Waals surface area contributed by atoms with Crippen molar-refractivity contribution in [2.45, 2.75) is 45.3 Å². The van der Waals surface area contributed by atoms with Gasteiger partial charge in [0, 0.05) is 42.6 Å². The first-order valence-electron chi connectivity index (χ1n) is 9.92. The fourth-order valence-electron chi connectivity index (χ4n) is 4.57. The second-order valence-electron chi connectivity index (χ2n) is 8.32. The number of nitrogens with one attached hydrogen (secondary N) is 2. The molecule has 2 aliphatic rings. The van der Waals surface area contributed by atoms with E-state index in [9.17, 15) is 4.79 Å². The summed E-state index contributed by atoms with van der Waals surface area (Å²) in [7, 11) is 0. The Morgan fingerprint density at radius 3 is 2.79 bits per heavy atom. The summed E-state index contributed by atoms with van der Waals surface area (Å²) in [6.07, 6.45) is 5.27. The lowest BCUT2D eigenvalue weighted by Gasteiger charge is -2.45. The Kier molecular flexibility index (Phi) is 5.56. The van der Waals surface area contributed by atoms with Crippen molar-refractivity contribution < 1.29 is 4.79 Å². The Labute approximate surface area is 171 Å². The normalized spacial score (nSPS) is 24.1. The molecule has 0 atom stereocenters. The minimum Gasteiger partial charge on any atom is -0.335 e. The first kappa shape index (κ1) is 19.2. The number of rotatable bonds is 5. The summed E-state index contributed by atoms with van der Waals surface area (Å²) in [5.41, 5.74) is 3.84. The van der Waals surface area contributed by atoms with Gasteiger partial charge < -0.3 is 10.6 Å². The van der Waals surface area contributed by atoms with Crippen LogP contribution in [-0.2, 0) is 13.1 Å². The zero-order chi connectivity index (χ0) is 19.6. The van der Waals surface area contributed by atoms with Gasteiger partial charge in [-0.2, -0.15) is 0 Å². The number of hydrogen-bond acceptors (Lipinski definition) is 3. The van der Waals surface area contributed by atoms with Crippen LogP contribution in [0.25, 0.3) is 0 Å². The minimum absolute atomic E-state index is 0.0862. The number of amides is 2. The fourth-order valence-corrected chi connectivity index (χ4v) is 4.69. The first-order valence-corrected chi connectivity index (χ1v) is 10.3. The number of pyridine rings is 1. The molecule has 4 rings (SSSR count). The van der Waals surface area contributed by atoms with Crippen molar-refractivity contribution in [1.82, 2.24) is 20.5 Å². The van der Waals surface area contributed by atoms with Gasteiger partial charge in [0.25, 0.3) is 0 Å². The van der Waals surface area contributed by atoms with Crippen LogP contribution in [0.5, 0.6) is 0 Å². The highest BCUT2D eigenvalue weighted by Crippen LogP contribution is 2.48. The molecule has 5 nitrogen and oxygen atoms in total. The van der Waals surface area contributed by atoms with Gasteiger partial charge in [-0.1, -0.05) is 23.7 Å². The van der Waals surface area contributed by atoms with Gasteiger partial charge in [0.2, 0.25) is 0 Å². The van der Waals surface area contributed by atoms with Crippen LogP contribution in [0.15, 0.2) is 42.6 Å². The van der Waals surface area contributed by atoms with Crippen molar-refractivity contribution in [2.24, 2.45) is 5.41 Å². The average Bonchev–Trinajstić information content (AvgIpc) is 3.05. The molecule has 0 radical (unpaired) electrons. The predicted octanol–water partition coefficient (Wildman–Crippen LogP) is 3.90. The van der Waals surface area contributed by atoms with E-state index in [0.29, 0.717) is 17.0 Å². The summed E-state index contributed by atoms with van der Waals surface area (Å²) < 4.78 is 0. The summed E-state index contributed by atoms with van der Waals surface area (Å²) in [5.74, 6) is 0. The Bertz CT molecular complexity index is 833. The molecule has 2 heterocycles. The standard InChI is InChI=1S/C22H27ClN4O/c1-16-10-18(6-8-24-16)14-27-9-7-22(15-27)11-20(12-22)26-21(28)25-13-17-2-4-19(23)5-3-17/h2-6,8,10,20H,7,9,11-15H2,1H3,(H2,25,26,28). The van der Waals surface area contributed by atoms with Gasteiger partial charge in [-0.3, -0.25) is 9.88 Å². The molecule has 0 bridgehead atoms. The molecule has 1 aromatic heterocycles. The highest BCUT2D eigenvalue weighted by atomic mass is 35.5. The molecule has 148 valence electrons. The van der Waals surface area contributed by atoms with Gasteiger partial charge in [-0.25, -0.2) is 4.79 Å². The van der Waals surface area contributed by atoms with Crippen LogP contribution in [0.2, 0.25) is 5.02 Å². The molecular weight excluding hydrogens is 372 g/mol. The predicted molar refractivity (Wildman–Crippen MR) is 111 cm³/mol. The molecule has 2 amide bonds. The number of halogens is 1. The van der Waals surface area contributed by atoms with E-state index in [0.717, 1.165) is 43.7 Å². The molecular formula is C22H27ClN4O. The molecule has 2 aromatic rings. The molecule has 1 aliphatic heterocycles. The van der Waals surface area contributed by atoms with Crippen molar-refractivity contribution in [3.05, 3.63) is 64.4 Å². The van der Waals surface area contributed by atoms with Crippen LogP contribution in [0, 0.1) is 12.3 Å². The van der Waals surface area contributed by atoms with Crippen molar-refractivity contribution in [2.75, 3.05) is 13.1 Å². The summed E-state index contributed by atoms with van der Waals surface area (Å²) in [6, 6.07) is 12.0. The second kappa shape index (κ2) is 8.10. The first-order chi connectivity index (χ1) is 13.5. The minimum atomic E-state index is -0.0862. The van der Waals surface area contributed by atoms with Gasteiger partial charge in [0.05, 0.1) is 0 Å². The molecule has 1 saturated heterocycles.